The maximum atomic E-state index is 5.78. The van der Waals surface area contributed by atoms with Gasteiger partial charge in [-0.25, -0.2) is 0 Å². The smallest absolute Gasteiger partial charge is 0.119 e. The SMILES string of the molecule is [c]1ccc(OC2CC2COC2[CH]C2)cc1. The van der Waals surface area contributed by atoms with E-state index in [9.17, 15) is 0 Å². The Morgan fingerprint density at radius 3 is 2.87 bits per heavy atom. The molecule has 0 spiro atoms. The zero-order chi connectivity index (χ0) is 10.1. The normalized spacial score (nSPS) is 28.8. The van der Waals surface area contributed by atoms with Crippen molar-refractivity contribution in [3.63, 3.8) is 0 Å². The number of ether oxygens (including phenoxy) is 2. The number of hydrogen-bond acceptors (Lipinski definition) is 2. The Bertz CT molecular complexity index is 319. The molecule has 78 valence electrons. The summed E-state index contributed by atoms with van der Waals surface area (Å²) in [6, 6.07) is 10.6. The van der Waals surface area contributed by atoms with Crippen molar-refractivity contribution in [3.05, 3.63) is 36.8 Å². The molecule has 2 heteroatoms. The molecule has 3 unspecified atom stereocenters. The van der Waals surface area contributed by atoms with Gasteiger partial charge in [0.05, 0.1) is 12.7 Å². The summed E-state index contributed by atoms with van der Waals surface area (Å²) in [4.78, 5) is 0. The molecule has 0 N–H and O–H groups in total. The lowest BCUT2D eigenvalue weighted by Gasteiger charge is -2.05. The molecule has 2 nitrogen and oxygen atoms in total. The lowest BCUT2D eigenvalue weighted by molar-refractivity contribution is 0.106. The van der Waals surface area contributed by atoms with Crippen molar-refractivity contribution in [2.24, 2.45) is 5.92 Å². The van der Waals surface area contributed by atoms with Crippen LogP contribution in [0.15, 0.2) is 24.3 Å². The summed E-state index contributed by atoms with van der Waals surface area (Å²) in [7, 11) is 0. The monoisotopic (exact) mass is 202 g/mol. The number of benzene rings is 1. The fraction of sp³-hybridized carbons (Fsp3) is 0.462. The summed E-state index contributed by atoms with van der Waals surface area (Å²) in [5.41, 5.74) is 0. The van der Waals surface area contributed by atoms with E-state index in [1.54, 1.807) is 0 Å². The second-order valence-corrected chi connectivity index (χ2v) is 4.23. The summed E-state index contributed by atoms with van der Waals surface area (Å²) in [6.07, 6.45) is 5.26. The Labute approximate surface area is 90.2 Å². The van der Waals surface area contributed by atoms with Gasteiger partial charge in [-0.05, 0) is 37.5 Å². The van der Waals surface area contributed by atoms with Crippen LogP contribution in [-0.2, 0) is 4.74 Å². The standard InChI is InChI=1S/C13H14O2/c1-2-4-12(5-3-1)15-13-8-10(13)9-14-11-6-7-11/h2-6,10-11,13H,7-9H2. The van der Waals surface area contributed by atoms with Gasteiger partial charge in [0.25, 0.3) is 0 Å². The first-order chi connectivity index (χ1) is 7.42. The van der Waals surface area contributed by atoms with Gasteiger partial charge >= 0.3 is 0 Å². The molecular formula is C13H14O2. The summed E-state index contributed by atoms with van der Waals surface area (Å²) >= 11 is 0. The Kier molecular flexibility index (Phi) is 2.37. The summed E-state index contributed by atoms with van der Waals surface area (Å²) < 4.78 is 11.4. The Balaban J connectivity index is 1.42. The summed E-state index contributed by atoms with van der Waals surface area (Å²) in [5, 5.41) is 0. The van der Waals surface area contributed by atoms with Crippen molar-refractivity contribution in [3.8, 4) is 5.75 Å². The van der Waals surface area contributed by atoms with Crippen molar-refractivity contribution in [1.82, 2.24) is 0 Å². The second-order valence-electron chi connectivity index (χ2n) is 4.23. The van der Waals surface area contributed by atoms with E-state index in [1.807, 2.05) is 24.3 Å². The lowest BCUT2D eigenvalue weighted by Crippen LogP contribution is -2.06. The van der Waals surface area contributed by atoms with Crippen LogP contribution in [0, 0.1) is 18.4 Å². The van der Waals surface area contributed by atoms with Crippen LogP contribution in [-0.4, -0.2) is 18.8 Å². The van der Waals surface area contributed by atoms with Gasteiger partial charge in [0.15, 0.2) is 0 Å². The first-order valence-corrected chi connectivity index (χ1v) is 5.49. The van der Waals surface area contributed by atoms with Crippen molar-refractivity contribution < 1.29 is 9.47 Å². The molecule has 0 amide bonds. The van der Waals surface area contributed by atoms with Crippen molar-refractivity contribution in [2.45, 2.75) is 25.0 Å². The summed E-state index contributed by atoms with van der Waals surface area (Å²) in [6.45, 7) is 0.852. The fourth-order valence-electron chi connectivity index (χ4n) is 1.60. The minimum atomic E-state index is 0.367. The first-order valence-electron chi connectivity index (χ1n) is 5.49. The Morgan fingerprint density at radius 2 is 2.13 bits per heavy atom. The largest absolute Gasteiger partial charge is 0.490 e. The van der Waals surface area contributed by atoms with Crippen LogP contribution in [0.3, 0.4) is 0 Å². The molecule has 2 aliphatic carbocycles. The second kappa shape index (κ2) is 3.86. The molecule has 0 bridgehead atoms. The van der Waals surface area contributed by atoms with Gasteiger partial charge in [-0.3, -0.25) is 0 Å². The quantitative estimate of drug-likeness (QED) is 0.729. The maximum absolute atomic E-state index is 5.78. The van der Waals surface area contributed by atoms with E-state index in [0.29, 0.717) is 18.1 Å². The molecular weight excluding hydrogens is 188 g/mol. The van der Waals surface area contributed by atoms with Gasteiger partial charge in [-0.1, -0.05) is 12.1 Å². The van der Waals surface area contributed by atoms with Crippen LogP contribution in [0.4, 0.5) is 0 Å². The van der Waals surface area contributed by atoms with Gasteiger partial charge < -0.3 is 9.47 Å². The predicted molar refractivity (Wildman–Crippen MR) is 56.5 cm³/mol. The highest BCUT2D eigenvalue weighted by Gasteiger charge is 2.40. The van der Waals surface area contributed by atoms with E-state index in [1.165, 1.54) is 0 Å². The topological polar surface area (TPSA) is 18.5 Å². The van der Waals surface area contributed by atoms with Crippen LogP contribution < -0.4 is 4.74 Å². The zero-order valence-electron chi connectivity index (χ0n) is 8.56. The average Bonchev–Trinajstić information content (AvgIpc) is 3.12. The van der Waals surface area contributed by atoms with E-state index < -0.39 is 0 Å². The summed E-state index contributed by atoms with van der Waals surface area (Å²) in [5.74, 6) is 1.54. The highest BCUT2D eigenvalue weighted by Crippen LogP contribution is 2.36. The highest BCUT2D eigenvalue weighted by molar-refractivity contribution is 5.21. The third-order valence-electron chi connectivity index (χ3n) is 2.79. The van der Waals surface area contributed by atoms with Gasteiger partial charge in [0.2, 0.25) is 0 Å². The zero-order valence-corrected chi connectivity index (χ0v) is 8.56. The third-order valence-corrected chi connectivity index (χ3v) is 2.79. The molecule has 0 aliphatic heterocycles. The number of rotatable bonds is 5. The molecule has 3 rings (SSSR count). The van der Waals surface area contributed by atoms with Crippen LogP contribution in [0.2, 0.25) is 0 Å². The van der Waals surface area contributed by atoms with Crippen LogP contribution >= 0.6 is 0 Å². The van der Waals surface area contributed by atoms with E-state index in [4.69, 9.17) is 9.47 Å². The van der Waals surface area contributed by atoms with Crippen molar-refractivity contribution >= 4 is 0 Å². The Hall–Kier alpha value is -1.02. The minimum Gasteiger partial charge on any atom is -0.490 e. The van der Waals surface area contributed by atoms with Crippen molar-refractivity contribution in [2.75, 3.05) is 6.61 Å². The molecule has 2 aliphatic rings. The molecule has 15 heavy (non-hydrogen) atoms. The van der Waals surface area contributed by atoms with Gasteiger partial charge in [0.1, 0.15) is 11.9 Å². The van der Waals surface area contributed by atoms with Crippen LogP contribution in [0.5, 0.6) is 5.75 Å². The molecule has 0 saturated heterocycles. The molecule has 1 aromatic carbocycles. The van der Waals surface area contributed by atoms with Crippen LogP contribution in [0.25, 0.3) is 0 Å². The highest BCUT2D eigenvalue weighted by atomic mass is 16.5. The van der Waals surface area contributed by atoms with Gasteiger partial charge in [0, 0.05) is 5.92 Å². The predicted octanol–water partition coefficient (Wildman–Crippen LogP) is 2.25. The molecule has 2 saturated carbocycles. The molecule has 0 aromatic heterocycles. The molecule has 2 radical (unpaired) electrons. The fourth-order valence-corrected chi connectivity index (χ4v) is 1.60. The third kappa shape index (κ3) is 2.51. The van der Waals surface area contributed by atoms with E-state index in [0.717, 1.165) is 25.2 Å². The molecule has 0 heterocycles. The molecule has 3 atom stereocenters. The molecule has 2 fully saturated rings. The lowest BCUT2D eigenvalue weighted by atomic mass is 10.3. The Morgan fingerprint density at radius 1 is 1.33 bits per heavy atom. The molecule has 1 aromatic rings. The van der Waals surface area contributed by atoms with Crippen molar-refractivity contribution in [1.29, 1.82) is 0 Å². The van der Waals surface area contributed by atoms with Gasteiger partial charge in [-0.2, -0.15) is 0 Å². The van der Waals surface area contributed by atoms with Crippen LogP contribution in [0.1, 0.15) is 12.8 Å². The van der Waals surface area contributed by atoms with E-state index in [2.05, 4.69) is 12.5 Å². The minimum absolute atomic E-state index is 0.367. The van der Waals surface area contributed by atoms with Gasteiger partial charge in [-0.15, -0.1) is 0 Å². The first kappa shape index (κ1) is 9.22. The maximum Gasteiger partial charge on any atom is 0.119 e. The number of hydrogen-bond donors (Lipinski definition) is 0. The van der Waals surface area contributed by atoms with E-state index in [-0.39, 0.29) is 0 Å². The van der Waals surface area contributed by atoms with E-state index >= 15 is 0 Å². The average molecular weight is 202 g/mol.